The molecule has 70 valence electrons. The Hall–Kier alpha value is -0.160. The summed E-state index contributed by atoms with van der Waals surface area (Å²) in [5, 5.41) is 27.8. The molecule has 0 spiro atoms. The van der Waals surface area contributed by atoms with Crippen LogP contribution in [0.5, 0.6) is 0 Å². The summed E-state index contributed by atoms with van der Waals surface area (Å²) in [5.41, 5.74) is 0. The van der Waals surface area contributed by atoms with Crippen LogP contribution in [0, 0.1) is 0 Å². The van der Waals surface area contributed by atoms with Crippen LogP contribution in [0.15, 0.2) is 0 Å². The predicted molar refractivity (Wildman–Crippen MR) is 42.6 cm³/mol. The molecule has 2 rings (SSSR count). The summed E-state index contributed by atoms with van der Waals surface area (Å²) in [6.45, 7) is 0.646. The first-order chi connectivity index (χ1) is 5.74. The Balaban J connectivity index is 2.08. The molecule has 0 amide bonds. The number of aliphatic hydroxyl groups excluding tert-OH is 3. The van der Waals surface area contributed by atoms with E-state index in [1.807, 2.05) is 4.90 Å². The van der Waals surface area contributed by atoms with E-state index in [4.69, 9.17) is 5.11 Å². The molecule has 12 heavy (non-hydrogen) atoms. The van der Waals surface area contributed by atoms with Gasteiger partial charge in [-0.1, -0.05) is 0 Å². The fraction of sp³-hybridized carbons (Fsp3) is 1.00. The molecule has 0 saturated carbocycles. The van der Waals surface area contributed by atoms with Crippen molar-refractivity contribution < 1.29 is 15.3 Å². The van der Waals surface area contributed by atoms with Gasteiger partial charge < -0.3 is 15.3 Å². The van der Waals surface area contributed by atoms with Crippen molar-refractivity contribution in [3.63, 3.8) is 0 Å². The van der Waals surface area contributed by atoms with Gasteiger partial charge in [0.15, 0.2) is 0 Å². The average molecular weight is 173 g/mol. The Labute approximate surface area is 71.4 Å². The maximum absolute atomic E-state index is 9.51. The van der Waals surface area contributed by atoms with Crippen LogP contribution in [0.1, 0.15) is 12.8 Å². The highest BCUT2D eigenvalue weighted by Crippen LogP contribution is 2.32. The summed E-state index contributed by atoms with van der Waals surface area (Å²) >= 11 is 0. The maximum Gasteiger partial charge on any atom is 0.0966 e. The lowest BCUT2D eigenvalue weighted by atomic mass is 10.1. The number of nitrogens with zero attached hydrogens (tertiary/aromatic N) is 1. The van der Waals surface area contributed by atoms with Crippen molar-refractivity contribution in [3.05, 3.63) is 0 Å². The van der Waals surface area contributed by atoms with Crippen molar-refractivity contribution in [1.29, 1.82) is 0 Å². The lowest BCUT2D eigenvalue weighted by molar-refractivity contribution is 0.0393. The van der Waals surface area contributed by atoms with Crippen LogP contribution in [-0.2, 0) is 0 Å². The second-order valence-corrected chi connectivity index (χ2v) is 3.74. The molecule has 3 N–H and O–H groups in total. The van der Waals surface area contributed by atoms with Crippen LogP contribution in [0.2, 0.25) is 0 Å². The predicted octanol–water partition coefficient (Wildman–Crippen LogP) is -1.45. The molecule has 2 aliphatic heterocycles. The smallest absolute Gasteiger partial charge is 0.0966 e. The topological polar surface area (TPSA) is 63.9 Å². The van der Waals surface area contributed by atoms with Crippen LogP contribution in [0.25, 0.3) is 0 Å². The molecule has 0 aromatic rings. The quantitative estimate of drug-likeness (QED) is 0.454. The highest BCUT2D eigenvalue weighted by molar-refractivity contribution is 5.00. The Morgan fingerprint density at radius 1 is 1.25 bits per heavy atom. The van der Waals surface area contributed by atoms with Crippen molar-refractivity contribution in [2.45, 2.75) is 37.1 Å². The molecule has 2 aliphatic rings. The van der Waals surface area contributed by atoms with Gasteiger partial charge >= 0.3 is 0 Å². The second kappa shape index (κ2) is 2.96. The first-order valence-corrected chi connectivity index (χ1v) is 4.46. The van der Waals surface area contributed by atoms with Gasteiger partial charge in [0.25, 0.3) is 0 Å². The number of aliphatic hydroxyl groups is 3. The molecule has 2 saturated heterocycles. The molecular formula is C8H15NO3. The fourth-order valence-electron chi connectivity index (χ4n) is 2.39. The van der Waals surface area contributed by atoms with E-state index in [-0.39, 0.29) is 18.7 Å². The second-order valence-electron chi connectivity index (χ2n) is 3.74. The summed E-state index contributed by atoms with van der Waals surface area (Å²) in [5.74, 6) is 0. The molecule has 0 aromatic carbocycles. The Kier molecular flexibility index (Phi) is 2.08. The number of fused-ring (bicyclic) bond motifs is 1. The summed E-state index contributed by atoms with van der Waals surface area (Å²) in [6, 6.07) is 0.235. The SMILES string of the molecule is OC[C@H]1CC[C@H]2[C@@H](O)[C@@H](O)CN12. The van der Waals surface area contributed by atoms with Gasteiger partial charge in [-0.05, 0) is 12.8 Å². The monoisotopic (exact) mass is 173 g/mol. The van der Waals surface area contributed by atoms with E-state index < -0.39 is 12.2 Å². The van der Waals surface area contributed by atoms with E-state index >= 15 is 0 Å². The first-order valence-electron chi connectivity index (χ1n) is 4.46. The van der Waals surface area contributed by atoms with Crippen molar-refractivity contribution in [2.75, 3.05) is 13.2 Å². The summed E-state index contributed by atoms with van der Waals surface area (Å²) in [7, 11) is 0. The first kappa shape index (κ1) is 8.44. The highest BCUT2D eigenvalue weighted by Gasteiger charge is 2.46. The van der Waals surface area contributed by atoms with Crippen LogP contribution in [0.3, 0.4) is 0 Å². The van der Waals surface area contributed by atoms with E-state index in [2.05, 4.69) is 0 Å². The van der Waals surface area contributed by atoms with Gasteiger partial charge in [-0.3, -0.25) is 4.90 Å². The number of rotatable bonds is 1. The zero-order valence-electron chi connectivity index (χ0n) is 6.93. The average Bonchev–Trinajstić information content (AvgIpc) is 2.55. The fourth-order valence-corrected chi connectivity index (χ4v) is 2.39. The van der Waals surface area contributed by atoms with Gasteiger partial charge in [0.1, 0.15) is 0 Å². The van der Waals surface area contributed by atoms with Gasteiger partial charge in [0, 0.05) is 18.6 Å². The molecule has 0 radical (unpaired) electrons. The Bertz CT molecular complexity index is 176. The number of hydrogen-bond acceptors (Lipinski definition) is 4. The van der Waals surface area contributed by atoms with Crippen molar-refractivity contribution in [1.82, 2.24) is 4.90 Å². The van der Waals surface area contributed by atoms with Gasteiger partial charge in [-0.15, -0.1) is 0 Å². The van der Waals surface area contributed by atoms with E-state index in [0.29, 0.717) is 6.54 Å². The molecular weight excluding hydrogens is 158 g/mol. The third-order valence-corrected chi connectivity index (χ3v) is 3.09. The van der Waals surface area contributed by atoms with E-state index in [0.717, 1.165) is 12.8 Å². The largest absolute Gasteiger partial charge is 0.395 e. The minimum Gasteiger partial charge on any atom is -0.395 e. The Morgan fingerprint density at radius 3 is 2.67 bits per heavy atom. The third-order valence-electron chi connectivity index (χ3n) is 3.09. The molecule has 4 heteroatoms. The van der Waals surface area contributed by atoms with Crippen LogP contribution < -0.4 is 0 Å². The summed E-state index contributed by atoms with van der Waals surface area (Å²) in [6.07, 6.45) is 0.597. The van der Waals surface area contributed by atoms with E-state index in [9.17, 15) is 10.2 Å². The Morgan fingerprint density at radius 2 is 2.00 bits per heavy atom. The van der Waals surface area contributed by atoms with Crippen LogP contribution >= 0.6 is 0 Å². The van der Waals surface area contributed by atoms with Gasteiger partial charge in [0.2, 0.25) is 0 Å². The molecule has 4 atom stereocenters. The van der Waals surface area contributed by atoms with E-state index in [1.54, 1.807) is 0 Å². The van der Waals surface area contributed by atoms with Crippen LogP contribution in [-0.4, -0.2) is 57.7 Å². The molecule has 0 aromatic heterocycles. The minimum atomic E-state index is -0.621. The molecule has 0 bridgehead atoms. The van der Waals surface area contributed by atoms with Gasteiger partial charge in [-0.2, -0.15) is 0 Å². The zero-order chi connectivity index (χ0) is 8.72. The molecule has 4 nitrogen and oxygen atoms in total. The molecule has 2 heterocycles. The van der Waals surface area contributed by atoms with Crippen molar-refractivity contribution in [3.8, 4) is 0 Å². The molecule has 2 fully saturated rings. The lowest BCUT2D eigenvalue weighted by Crippen LogP contribution is -2.36. The van der Waals surface area contributed by atoms with Gasteiger partial charge in [0.05, 0.1) is 18.8 Å². The zero-order valence-corrected chi connectivity index (χ0v) is 6.93. The highest BCUT2D eigenvalue weighted by atomic mass is 16.3. The lowest BCUT2D eigenvalue weighted by Gasteiger charge is -2.21. The van der Waals surface area contributed by atoms with Crippen molar-refractivity contribution in [2.24, 2.45) is 0 Å². The van der Waals surface area contributed by atoms with Crippen molar-refractivity contribution >= 4 is 0 Å². The van der Waals surface area contributed by atoms with Crippen LogP contribution in [0.4, 0.5) is 0 Å². The van der Waals surface area contributed by atoms with Gasteiger partial charge in [-0.25, -0.2) is 0 Å². The minimum absolute atomic E-state index is 0.0807. The summed E-state index contributed by atoms with van der Waals surface area (Å²) < 4.78 is 0. The molecule has 0 aliphatic carbocycles. The normalized spacial score (nSPS) is 48.2. The third kappa shape index (κ3) is 1.07. The number of hydrogen-bond donors (Lipinski definition) is 3. The van der Waals surface area contributed by atoms with E-state index in [1.165, 1.54) is 0 Å². The maximum atomic E-state index is 9.51. The summed E-state index contributed by atoms with van der Waals surface area (Å²) in [4.78, 5) is 2.02. The molecule has 0 unspecified atom stereocenters. The standard InChI is InChI=1S/C8H15NO3/c10-4-5-1-2-6-8(12)7(11)3-9(5)6/h5-8,10-12H,1-4H2/t5-,6+,7+,8-/m1/s1.